The van der Waals surface area contributed by atoms with Crippen molar-refractivity contribution in [3.8, 4) is 6.07 Å². The molecule has 0 aliphatic carbocycles. The van der Waals surface area contributed by atoms with Crippen molar-refractivity contribution < 1.29 is 0 Å². The molecule has 3 nitrogen and oxygen atoms in total. The van der Waals surface area contributed by atoms with Gasteiger partial charge in [-0.1, -0.05) is 22.9 Å². The van der Waals surface area contributed by atoms with Crippen molar-refractivity contribution in [1.29, 1.82) is 5.26 Å². The third-order valence-electron chi connectivity index (χ3n) is 3.72. The van der Waals surface area contributed by atoms with Gasteiger partial charge in [0.05, 0.1) is 11.3 Å². The molecular formula is C15H20BrN3. The van der Waals surface area contributed by atoms with E-state index in [1.54, 1.807) is 0 Å². The Bertz CT molecular complexity index is 459. The minimum Gasteiger partial charge on any atom is -0.370 e. The van der Waals surface area contributed by atoms with Gasteiger partial charge in [-0.25, -0.2) is 0 Å². The molecule has 1 aromatic carbocycles. The fraction of sp³-hybridized carbons (Fsp3) is 0.533. The molecule has 0 amide bonds. The predicted molar refractivity (Wildman–Crippen MR) is 82.3 cm³/mol. The van der Waals surface area contributed by atoms with Crippen LogP contribution in [-0.2, 0) is 0 Å². The molecule has 1 aliphatic rings. The van der Waals surface area contributed by atoms with Crippen LogP contribution in [0.15, 0.2) is 22.7 Å². The highest BCUT2D eigenvalue weighted by molar-refractivity contribution is 9.10. The minimum absolute atomic E-state index is 0.763. The highest BCUT2D eigenvalue weighted by atomic mass is 79.9. The molecule has 1 heterocycles. The lowest BCUT2D eigenvalue weighted by Gasteiger charge is -2.34. The molecule has 1 N–H and O–H groups in total. The number of nitrogens with one attached hydrogen (secondary N) is 1. The maximum Gasteiger partial charge on any atom is 0.101 e. The second-order valence-electron chi connectivity index (χ2n) is 5.01. The van der Waals surface area contributed by atoms with Gasteiger partial charge in [0, 0.05) is 17.6 Å². The van der Waals surface area contributed by atoms with Crippen LogP contribution in [0.4, 0.5) is 5.69 Å². The molecule has 1 saturated heterocycles. The third kappa shape index (κ3) is 3.71. The van der Waals surface area contributed by atoms with Gasteiger partial charge in [0.2, 0.25) is 0 Å². The van der Waals surface area contributed by atoms with Crippen LogP contribution in [0, 0.1) is 17.2 Å². The van der Waals surface area contributed by atoms with E-state index in [0.29, 0.717) is 0 Å². The zero-order chi connectivity index (χ0) is 13.7. The van der Waals surface area contributed by atoms with Crippen molar-refractivity contribution in [3.63, 3.8) is 0 Å². The number of halogens is 1. The van der Waals surface area contributed by atoms with Gasteiger partial charge in [-0.15, -0.1) is 0 Å². The van der Waals surface area contributed by atoms with Crippen molar-refractivity contribution >= 4 is 21.6 Å². The van der Waals surface area contributed by atoms with E-state index < -0.39 is 0 Å². The number of hydrogen-bond acceptors (Lipinski definition) is 3. The van der Waals surface area contributed by atoms with Crippen LogP contribution >= 0.6 is 15.9 Å². The van der Waals surface area contributed by atoms with Crippen LogP contribution in [0.2, 0.25) is 0 Å². The number of nitriles is 1. The Kier molecular flexibility index (Phi) is 5.24. The average molecular weight is 322 g/mol. The Morgan fingerprint density at radius 1 is 1.42 bits per heavy atom. The van der Waals surface area contributed by atoms with Gasteiger partial charge in [-0.05, 0) is 50.0 Å². The highest BCUT2D eigenvalue weighted by Crippen LogP contribution is 2.28. The molecule has 0 saturated carbocycles. The first-order chi connectivity index (χ1) is 9.24. The Balaban J connectivity index is 2.00. The standard InChI is InChI=1S/C15H20BrN3/c1-2-18-11-12-5-7-19(8-6-12)15-4-3-14(16)9-13(15)10-17/h3-4,9,12,18H,2,5-8,11H2,1H3. The summed E-state index contributed by atoms with van der Waals surface area (Å²) in [5.41, 5.74) is 1.84. The number of piperidine rings is 1. The van der Waals surface area contributed by atoms with E-state index >= 15 is 0 Å². The van der Waals surface area contributed by atoms with E-state index in [1.807, 2.05) is 18.2 Å². The predicted octanol–water partition coefficient (Wildman–Crippen LogP) is 3.15. The molecule has 1 aliphatic heterocycles. The number of anilines is 1. The zero-order valence-electron chi connectivity index (χ0n) is 11.3. The Labute approximate surface area is 123 Å². The number of hydrogen-bond donors (Lipinski definition) is 1. The molecule has 1 aromatic rings. The lowest BCUT2D eigenvalue weighted by Crippen LogP contribution is -2.37. The van der Waals surface area contributed by atoms with Gasteiger partial charge in [0.1, 0.15) is 6.07 Å². The molecule has 102 valence electrons. The van der Waals surface area contributed by atoms with E-state index in [9.17, 15) is 5.26 Å². The molecule has 1 fully saturated rings. The first-order valence-electron chi connectivity index (χ1n) is 6.90. The van der Waals surface area contributed by atoms with Gasteiger partial charge < -0.3 is 10.2 Å². The van der Waals surface area contributed by atoms with Crippen molar-refractivity contribution in [1.82, 2.24) is 5.32 Å². The quantitative estimate of drug-likeness (QED) is 0.925. The third-order valence-corrected chi connectivity index (χ3v) is 4.21. The first kappa shape index (κ1) is 14.4. The summed E-state index contributed by atoms with van der Waals surface area (Å²) in [6.07, 6.45) is 2.40. The summed E-state index contributed by atoms with van der Waals surface area (Å²) in [6.45, 7) is 6.41. The minimum atomic E-state index is 0.763. The van der Waals surface area contributed by atoms with E-state index in [-0.39, 0.29) is 0 Å². The maximum absolute atomic E-state index is 9.23. The summed E-state index contributed by atoms with van der Waals surface area (Å²) in [6, 6.07) is 8.26. The van der Waals surface area contributed by atoms with Crippen molar-refractivity contribution in [3.05, 3.63) is 28.2 Å². The molecule has 0 spiro atoms. The average Bonchev–Trinajstić information content (AvgIpc) is 2.45. The molecule has 0 radical (unpaired) electrons. The van der Waals surface area contributed by atoms with Crippen molar-refractivity contribution in [2.75, 3.05) is 31.1 Å². The molecule has 0 bridgehead atoms. The number of rotatable bonds is 4. The van der Waals surface area contributed by atoms with E-state index in [4.69, 9.17) is 0 Å². The highest BCUT2D eigenvalue weighted by Gasteiger charge is 2.20. The van der Waals surface area contributed by atoms with Crippen LogP contribution in [0.5, 0.6) is 0 Å². The fourth-order valence-electron chi connectivity index (χ4n) is 2.60. The van der Waals surface area contributed by atoms with Crippen LogP contribution in [0.3, 0.4) is 0 Å². The normalized spacial score (nSPS) is 16.4. The van der Waals surface area contributed by atoms with Crippen LogP contribution in [-0.4, -0.2) is 26.2 Å². The summed E-state index contributed by atoms with van der Waals surface area (Å²) < 4.78 is 0.967. The Morgan fingerprint density at radius 3 is 2.79 bits per heavy atom. The summed E-state index contributed by atoms with van der Waals surface area (Å²) in [5.74, 6) is 0.775. The molecule has 19 heavy (non-hydrogen) atoms. The largest absolute Gasteiger partial charge is 0.370 e. The topological polar surface area (TPSA) is 39.1 Å². The first-order valence-corrected chi connectivity index (χ1v) is 7.69. The molecule has 0 aromatic heterocycles. The van der Waals surface area contributed by atoms with Crippen molar-refractivity contribution in [2.24, 2.45) is 5.92 Å². The van der Waals surface area contributed by atoms with E-state index in [2.05, 4.69) is 39.1 Å². The molecule has 0 atom stereocenters. The van der Waals surface area contributed by atoms with Gasteiger partial charge in [-0.2, -0.15) is 5.26 Å². The SMILES string of the molecule is CCNCC1CCN(c2ccc(Br)cc2C#N)CC1. The summed E-state index contributed by atoms with van der Waals surface area (Å²) in [5, 5.41) is 12.7. The smallest absolute Gasteiger partial charge is 0.101 e. The van der Waals surface area contributed by atoms with Gasteiger partial charge >= 0.3 is 0 Å². The lowest BCUT2D eigenvalue weighted by atomic mass is 9.96. The monoisotopic (exact) mass is 321 g/mol. The molecule has 2 rings (SSSR count). The van der Waals surface area contributed by atoms with E-state index in [1.165, 1.54) is 12.8 Å². The number of nitrogens with zero attached hydrogens (tertiary/aromatic N) is 2. The van der Waals surface area contributed by atoms with Crippen LogP contribution < -0.4 is 10.2 Å². The summed E-state index contributed by atoms with van der Waals surface area (Å²) in [7, 11) is 0. The Morgan fingerprint density at radius 2 is 2.16 bits per heavy atom. The second kappa shape index (κ2) is 6.93. The van der Waals surface area contributed by atoms with Crippen LogP contribution in [0.1, 0.15) is 25.3 Å². The van der Waals surface area contributed by atoms with Crippen molar-refractivity contribution in [2.45, 2.75) is 19.8 Å². The van der Waals surface area contributed by atoms with E-state index in [0.717, 1.165) is 47.8 Å². The lowest BCUT2D eigenvalue weighted by molar-refractivity contribution is 0.386. The maximum atomic E-state index is 9.23. The molecular weight excluding hydrogens is 302 g/mol. The number of benzene rings is 1. The molecule has 4 heteroatoms. The van der Waals surface area contributed by atoms with Crippen LogP contribution in [0.25, 0.3) is 0 Å². The zero-order valence-corrected chi connectivity index (χ0v) is 12.9. The Hall–Kier alpha value is -1.05. The molecule has 0 unspecified atom stereocenters. The van der Waals surface area contributed by atoms with Gasteiger partial charge in [-0.3, -0.25) is 0 Å². The summed E-state index contributed by atoms with van der Waals surface area (Å²) in [4.78, 5) is 2.34. The fourth-order valence-corrected chi connectivity index (χ4v) is 2.96. The van der Waals surface area contributed by atoms with Gasteiger partial charge in [0.25, 0.3) is 0 Å². The second-order valence-corrected chi connectivity index (χ2v) is 5.93. The van der Waals surface area contributed by atoms with Gasteiger partial charge in [0.15, 0.2) is 0 Å². The summed E-state index contributed by atoms with van der Waals surface area (Å²) >= 11 is 3.42.